The van der Waals surface area contributed by atoms with Crippen molar-refractivity contribution in [1.29, 1.82) is 0 Å². The molecule has 0 amide bonds. The fourth-order valence-electron chi connectivity index (χ4n) is 2.85. The van der Waals surface area contributed by atoms with Gasteiger partial charge in [0.25, 0.3) is 0 Å². The molecule has 6 heteroatoms. The standard InChI is InChI=1S/C19H21NO.C4H4O4/c1-20(2)13-7-11-17-16-9-4-3-8-15(16)14-21-19-12-6-5-10-18(17)19;5-3(6)1-2-4(7)8/h3-6,8-12H,7,13-14H2,1-2H3;1-2H,(H,5,6)(H,7,8)/b17-11+;2-1-. The number of fused-ring (bicyclic) bond motifs is 2. The highest BCUT2D eigenvalue weighted by atomic mass is 16.5. The second kappa shape index (κ2) is 10.8. The Hall–Kier alpha value is -3.38. The van der Waals surface area contributed by atoms with Gasteiger partial charge in [0, 0.05) is 24.3 Å². The molecule has 6 nitrogen and oxygen atoms in total. The molecule has 1 aliphatic heterocycles. The van der Waals surface area contributed by atoms with E-state index in [9.17, 15) is 9.59 Å². The summed E-state index contributed by atoms with van der Waals surface area (Å²) in [5, 5.41) is 15.6. The molecule has 0 aliphatic carbocycles. The summed E-state index contributed by atoms with van der Waals surface area (Å²) in [5.41, 5.74) is 5.03. The summed E-state index contributed by atoms with van der Waals surface area (Å²) in [7, 11) is 4.22. The minimum atomic E-state index is -1.26. The summed E-state index contributed by atoms with van der Waals surface area (Å²) in [4.78, 5) is 21.3. The smallest absolute Gasteiger partial charge is 0.328 e. The van der Waals surface area contributed by atoms with Crippen molar-refractivity contribution in [2.75, 3.05) is 20.6 Å². The van der Waals surface area contributed by atoms with Gasteiger partial charge in [-0.15, -0.1) is 0 Å². The first-order valence-corrected chi connectivity index (χ1v) is 9.17. The summed E-state index contributed by atoms with van der Waals surface area (Å²) in [6.07, 6.45) is 4.49. The van der Waals surface area contributed by atoms with Gasteiger partial charge in [0.2, 0.25) is 0 Å². The molecule has 0 aromatic heterocycles. The molecule has 0 unspecified atom stereocenters. The number of aliphatic carboxylic acids is 2. The third-order valence-corrected chi connectivity index (χ3v) is 4.16. The van der Waals surface area contributed by atoms with E-state index in [4.69, 9.17) is 14.9 Å². The number of carboxylic acid groups (broad SMARTS) is 2. The Morgan fingerprint density at radius 2 is 1.55 bits per heavy atom. The van der Waals surface area contributed by atoms with E-state index >= 15 is 0 Å². The second-order valence-electron chi connectivity index (χ2n) is 6.66. The van der Waals surface area contributed by atoms with Crippen molar-refractivity contribution in [2.45, 2.75) is 13.0 Å². The summed E-state index contributed by atoms with van der Waals surface area (Å²) in [6, 6.07) is 16.9. The van der Waals surface area contributed by atoms with Crippen LogP contribution < -0.4 is 4.74 Å². The highest BCUT2D eigenvalue weighted by Crippen LogP contribution is 2.36. The van der Waals surface area contributed by atoms with Crippen molar-refractivity contribution in [3.63, 3.8) is 0 Å². The van der Waals surface area contributed by atoms with Gasteiger partial charge in [-0.2, -0.15) is 0 Å². The van der Waals surface area contributed by atoms with Crippen LogP contribution in [0.1, 0.15) is 23.1 Å². The second-order valence-corrected chi connectivity index (χ2v) is 6.66. The number of hydrogen-bond acceptors (Lipinski definition) is 4. The van der Waals surface area contributed by atoms with Crippen LogP contribution in [0.3, 0.4) is 0 Å². The average molecular weight is 395 g/mol. The largest absolute Gasteiger partial charge is 0.488 e. The van der Waals surface area contributed by atoms with Crippen molar-refractivity contribution in [3.05, 3.63) is 83.4 Å². The molecule has 1 heterocycles. The van der Waals surface area contributed by atoms with Crippen LogP contribution in [-0.4, -0.2) is 47.7 Å². The van der Waals surface area contributed by atoms with Gasteiger partial charge in [-0.25, -0.2) is 9.59 Å². The van der Waals surface area contributed by atoms with Crippen LogP contribution in [0.4, 0.5) is 0 Å². The number of carboxylic acids is 2. The molecule has 0 spiro atoms. The van der Waals surface area contributed by atoms with Gasteiger partial charge in [-0.3, -0.25) is 0 Å². The number of para-hydroxylation sites is 1. The van der Waals surface area contributed by atoms with E-state index in [1.165, 1.54) is 22.3 Å². The summed E-state index contributed by atoms with van der Waals surface area (Å²) < 4.78 is 5.98. The van der Waals surface area contributed by atoms with E-state index in [2.05, 4.69) is 67.5 Å². The van der Waals surface area contributed by atoms with Crippen molar-refractivity contribution in [3.8, 4) is 5.75 Å². The molecule has 0 atom stereocenters. The minimum Gasteiger partial charge on any atom is -0.488 e. The highest BCUT2D eigenvalue weighted by molar-refractivity contribution is 5.89. The first-order chi connectivity index (χ1) is 13.9. The lowest BCUT2D eigenvalue weighted by atomic mass is 9.93. The monoisotopic (exact) mass is 395 g/mol. The van der Waals surface area contributed by atoms with E-state index in [-0.39, 0.29) is 0 Å². The van der Waals surface area contributed by atoms with Gasteiger partial charge in [0.15, 0.2) is 0 Å². The van der Waals surface area contributed by atoms with E-state index in [0.29, 0.717) is 18.8 Å². The molecular formula is C23H25NO5. The molecule has 0 saturated carbocycles. The Labute approximate surface area is 170 Å². The molecule has 2 aromatic rings. The van der Waals surface area contributed by atoms with Crippen LogP contribution in [0.5, 0.6) is 5.75 Å². The van der Waals surface area contributed by atoms with E-state index in [0.717, 1.165) is 18.7 Å². The Balaban J connectivity index is 0.000000321. The van der Waals surface area contributed by atoms with Gasteiger partial charge in [0.05, 0.1) is 0 Å². The van der Waals surface area contributed by atoms with Crippen LogP contribution in [0.15, 0.2) is 66.8 Å². The molecule has 0 radical (unpaired) electrons. The summed E-state index contributed by atoms with van der Waals surface area (Å²) in [5.74, 6) is -1.54. The molecule has 0 saturated heterocycles. The Morgan fingerprint density at radius 3 is 2.17 bits per heavy atom. The molecule has 0 fully saturated rings. The van der Waals surface area contributed by atoms with Gasteiger partial charge in [0.1, 0.15) is 12.4 Å². The van der Waals surface area contributed by atoms with Gasteiger partial charge >= 0.3 is 11.9 Å². The molecule has 3 rings (SSSR count). The predicted octanol–water partition coefficient (Wildman–Crippen LogP) is 3.67. The number of rotatable bonds is 5. The first kappa shape index (κ1) is 21.9. The van der Waals surface area contributed by atoms with Gasteiger partial charge < -0.3 is 19.8 Å². The van der Waals surface area contributed by atoms with Crippen LogP contribution in [-0.2, 0) is 16.2 Å². The summed E-state index contributed by atoms with van der Waals surface area (Å²) >= 11 is 0. The first-order valence-electron chi connectivity index (χ1n) is 9.17. The van der Waals surface area contributed by atoms with Crippen LogP contribution in [0.25, 0.3) is 5.57 Å². The predicted molar refractivity (Wildman–Crippen MR) is 112 cm³/mol. The maximum atomic E-state index is 9.55. The maximum absolute atomic E-state index is 9.55. The van der Waals surface area contributed by atoms with Gasteiger partial charge in [-0.05, 0) is 43.3 Å². The lowest BCUT2D eigenvalue weighted by Gasteiger charge is -2.12. The third kappa shape index (κ3) is 6.93. The molecule has 0 bridgehead atoms. The normalized spacial score (nSPS) is 13.7. The number of carbonyl (C=O) groups is 2. The summed E-state index contributed by atoms with van der Waals surface area (Å²) in [6.45, 7) is 1.69. The zero-order valence-electron chi connectivity index (χ0n) is 16.5. The molecule has 1 aliphatic rings. The van der Waals surface area contributed by atoms with Crippen molar-refractivity contribution in [1.82, 2.24) is 4.90 Å². The molecular weight excluding hydrogens is 370 g/mol. The van der Waals surface area contributed by atoms with Crippen molar-refractivity contribution >= 4 is 17.5 Å². The number of nitrogens with zero attached hydrogens (tertiary/aromatic N) is 1. The number of ether oxygens (including phenoxy) is 1. The molecule has 2 N–H and O–H groups in total. The van der Waals surface area contributed by atoms with E-state index < -0.39 is 11.9 Å². The van der Waals surface area contributed by atoms with Crippen LogP contribution in [0.2, 0.25) is 0 Å². The number of benzene rings is 2. The molecule has 2 aromatic carbocycles. The highest BCUT2D eigenvalue weighted by Gasteiger charge is 2.17. The lowest BCUT2D eigenvalue weighted by Crippen LogP contribution is -2.12. The van der Waals surface area contributed by atoms with Crippen molar-refractivity contribution in [2.24, 2.45) is 0 Å². The van der Waals surface area contributed by atoms with E-state index in [1.54, 1.807) is 0 Å². The topological polar surface area (TPSA) is 87.1 Å². The van der Waals surface area contributed by atoms with E-state index in [1.807, 2.05) is 6.07 Å². The maximum Gasteiger partial charge on any atom is 0.328 e. The third-order valence-electron chi connectivity index (χ3n) is 4.16. The van der Waals surface area contributed by atoms with Crippen LogP contribution in [0, 0.1) is 0 Å². The minimum absolute atomic E-state index is 0.558. The Bertz CT molecular complexity index is 849. The lowest BCUT2D eigenvalue weighted by molar-refractivity contribution is -0.134. The average Bonchev–Trinajstić information content (AvgIpc) is 2.84. The SMILES string of the molecule is CN(C)CC/C=C1\c2ccccc2COc2ccccc21.O=C(O)/C=C\C(=O)O. The zero-order valence-corrected chi connectivity index (χ0v) is 16.5. The Kier molecular flexibility index (Phi) is 8.18. The van der Waals surface area contributed by atoms with Crippen molar-refractivity contribution < 1.29 is 24.5 Å². The quantitative estimate of drug-likeness (QED) is 0.751. The molecule has 152 valence electrons. The zero-order chi connectivity index (χ0) is 21.2. The molecule has 29 heavy (non-hydrogen) atoms. The van der Waals surface area contributed by atoms with Gasteiger partial charge in [-0.1, -0.05) is 48.5 Å². The number of hydrogen-bond donors (Lipinski definition) is 2. The fraction of sp³-hybridized carbons (Fsp3) is 0.217. The Morgan fingerprint density at radius 1 is 0.966 bits per heavy atom. The van der Waals surface area contributed by atoms with Crippen LogP contribution >= 0.6 is 0 Å². The fourth-order valence-corrected chi connectivity index (χ4v) is 2.85.